The van der Waals surface area contributed by atoms with Gasteiger partial charge in [-0.25, -0.2) is 0 Å². The molecule has 0 spiro atoms. The lowest BCUT2D eigenvalue weighted by atomic mass is 9.71. The van der Waals surface area contributed by atoms with Crippen LogP contribution in [-0.2, 0) is 0 Å². The Morgan fingerprint density at radius 2 is 2.28 bits per heavy atom. The maximum absolute atomic E-state index is 10.7. The molecule has 2 atom stereocenters. The van der Waals surface area contributed by atoms with Crippen LogP contribution >= 0.6 is 0 Å². The number of hydrogen-bond donors (Lipinski definition) is 1. The highest BCUT2D eigenvalue weighted by molar-refractivity contribution is 5.47. The average Bonchev–Trinajstić information content (AvgIpc) is 2.37. The molecule has 2 aliphatic rings. The van der Waals surface area contributed by atoms with E-state index in [0.29, 0.717) is 5.92 Å². The van der Waals surface area contributed by atoms with E-state index in [2.05, 4.69) is 22.0 Å². The van der Waals surface area contributed by atoms with Crippen molar-refractivity contribution < 1.29 is 5.11 Å². The van der Waals surface area contributed by atoms with Gasteiger partial charge in [0.1, 0.15) is 0 Å². The first kappa shape index (κ1) is 12.0. The molecule has 1 aliphatic carbocycles. The molecule has 2 unspecified atom stereocenters. The van der Waals surface area contributed by atoms with E-state index in [1.54, 1.807) is 0 Å². The smallest absolute Gasteiger partial charge is 0.0709 e. The fourth-order valence-electron chi connectivity index (χ4n) is 3.53. The van der Waals surface area contributed by atoms with Crippen molar-refractivity contribution in [2.24, 2.45) is 5.92 Å². The van der Waals surface area contributed by atoms with E-state index in [0.717, 1.165) is 31.6 Å². The quantitative estimate of drug-likeness (QED) is 0.827. The van der Waals surface area contributed by atoms with Crippen LogP contribution in [0.25, 0.3) is 0 Å². The molecule has 0 aromatic carbocycles. The van der Waals surface area contributed by atoms with Crippen molar-refractivity contribution in [3.63, 3.8) is 0 Å². The van der Waals surface area contributed by atoms with Crippen molar-refractivity contribution in [3.05, 3.63) is 24.0 Å². The molecule has 3 heteroatoms. The van der Waals surface area contributed by atoms with Gasteiger partial charge in [-0.05, 0) is 38.3 Å². The SMILES string of the molecule is Cc1cc(N2CCC3(O)CCCCC3C2)ccn1. The molecule has 3 nitrogen and oxygen atoms in total. The van der Waals surface area contributed by atoms with Crippen molar-refractivity contribution in [2.45, 2.75) is 44.6 Å². The van der Waals surface area contributed by atoms with Crippen LogP contribution in [0.4, 0.5) is 5.69 Å². The second kappa shape index (κ2) is 4.54. The summed E-state index contributed by atoms with van der Waals surface area (Å²) in [5.74, 6) is 0.452. The summed E-state index contributed by atoms with van der Waals surface area (Å²) >= 11 is 0. The zero-order valence-corrected chi connectivity index (χ0v) is 11.1. The second-order valence-corrected chi connectivity index (χ2v) is 5.90. The summed E-state index contributed by atoms with van der Waals surface area (Å²) in [5.41, 5.74) is 1.95. The third-order valence-corrected chi connectivity index (χ3v) is 4.67. The van der Waals surface area contributed by atoms with Crippen LogP contribution in [0, 0.1) is 12.8 Å². The molecule has 1 saturated heterocycles. The van der Waals surface area contributed by atoms with Crippen molar-refractivity contribution in [1.82, 2.24) is 4.98 Å². The number of nitrogens with zero attached hydrogens (tertiary/aromatic N) is 2. The second-order valence-electron chi connectivity index (χ2n) is 5.90. The summed E-state index contributed by atoms with van der Waals surface area (Å²) in [4.78, 5) is 6.67. The molecule has 1 aliphatic heterocycles. The first-order valence-corrected chi connectivity index (χ1v) is 7.07. The highest BCUT2D eigenvalue weighted by Crippen LogP contribution is 2.40. The Hall–Kier alpha value is -1.09. The lowest BCUT2D eigenvalue weighted by Gasteiger charge is -2.48. The summed E-state index contributed by atoms with van der Waals surface area (Å²) in [5, 5.41) is 10.7. The van der Waals surface area contributed by atoms with Gasteiger partial charge >= 0.3 is 0 Å². The number of fused-ring (bicyclic) bond motifs is 1. The van der Waals surface area contributed by atoms with Crippen LogP contribution in [0.2, 0.25) is 0 Å². The molecule has 0 amide bonds. The number of piperidine rings is 1. The fourth-order valence-corrected chi connectivity index (χ4v) is 3.53. The van der Waals surface area contributed by atoms with Crippen LogP contribution < -0.4 is 4.90 Å². The highest BCUT2D eigenvalue weighted by atomic mass is 16.3. The van der Waals surface area contributed by atoms with Crippen LogP contribution in [0.3, 0.4) is 0 Å². The number of aromatic nitrogens is 1. The topological polar surface area (TPSA) is 36.4 Å². The highest BCUT2D eigenvalue weighted by Gasteiger charge is 2.42. The first-order valence-electron chi connectivity index (χ1n) is 7.07. The van der Waals surface area contributed by atoms with Gasteiger partial charge in [-0.1, -0.05) is 12.8 Å². The van der Waals surface area contributed by atoms with E-state index < -0.39 is 0 Å². The lowest BCUT2D eigenvalue weighted by molar-refractivity contribution is -0.0612. The molecular formula is C15H22N2O. The van der Waals surface area contributed by atoms with E-state index in [-0.39, 0.29) is 5.60 Å². The lowest BCUT2D eigenvalue weighted by Crippen LogP contribution is -2.53. The van der Waals surface area contributed by atoms with E-state index >= 15 is 0 Å². The molecule has 0 bridgehead atoms. The normalized spacial score (nSPS) is 32.1. The number of rotatable bonds is 1. The summed E-state index contributed by atoms with van der Waals surface area (Å²) in [6.07, 6.45) is 7.45. The zero-order valence-electron chi connectivity index (χ0n) is 11.1. The van der Waals surface area contributed by atoms with E-state index in [1.807, 2.05) is 13.1 Å². The molecule has 1 N–H and O–H groups in total. The number of anilines is 1. The van der Waals surface area contributed by atoms with Gasteiger partial charge in [0.25, 0.3) is 0 Å². The van der Waals surface area contributed by atoms with Crippen molar-refractivity contribution in [1.29, 1.82) is 0 Å². The van der Waals surface area contributed by atoms with E-state index in [1.165, 1.54) is 24.9 Å². The van der Waals surface area contributed by atoms with Crippen molar-refractivity contribution >= 4 is 5.69 Å². The summed E-state index contributed by atoms with van der Waals surface area (Å²) in [6, 6.07) is 4.23. The van der Waals surface area contributed by atoms with Crippen molar-refractivity contribution in [3.8, 4) is 0 Å². The standard InChI is InChI=1S/C15H22N2O/c1-12-10-14(5-8-16-12)17-9-7-15(18)6-3-2-4-13(15)11-17/h5,8,10,13,18H,2-4,6-7,9,11H2,1H3. The molecule has 3 rings (SSSR count). The van der Waals surface area contributed by atoms with Gasteiger partial charge in [0.15, 0.2) is 0 Å². The molecule has 1 aromatic heterocycles. The third kappa shape index (κ3) is 2.12. The maximum atomic E-state index is 10.7. The molecule has 18 heavy (non-hydrogen) atoms. The Balaban J connectivity index is 1.77. The number of hydrogen-bond acceptors (Lipinski definition) is 3. The minimum atomic E-state index is -0.378. The Morgan fingerprint density at radius 3 is 3.11 bits per heavy atom. The maximum Gasteiger partial charge on any atom is 0.0709 e. The predicted molar refractivity (Wildman–Crippen MR) is 72.7 cm³/mol. The van der Waals surface area contributed by atoms with Gasteiger partial charge < -0.3 is 10.0 Å². The molecule has 98 valence electrons. The van der Waals surface area contributed by atoms with Crippen LogP contribution in [0.5, 0.6) is 0 Å². The largest absolute Gasteiger partial charge is 0.389 e. The summed E-state index contributed by atoms with van der Waals surface area (Å²) in [6.45, 7) is 4.00. The van der Waals surface area contributed by atoms with E-state index in [9.17, 15) is 5.11 Å². The number of aliphatic hydroxyl groups is 1. The Kier molecular flexibility index (Phi) is 3.02. The minimum Gasteiger partial charge on any atom is -0.389 e. The zero-order chi connectivity index (χ0) is 12.6. The summed E-state index contributed by atoms with van der Waals surface area (Å²) in [7, 11) is 0. The molecular weight excluding hydrogens is 224 g/mol. The number of pyridine rings is 1. The van der Waals surface area contributed by atoms with Gasteiger partial charge in [0, 0.05) is 36.6 Å². The molecule has 1 saturated carbocycles. The Bertz CT molecular complexity index is 434. The Labute approximate surface area is 109 Å². The van der Waals surface area contributed by atoms with Crippen LogP contribution in [0.15, 0.2) is 18.3 Å². The van der Waals surface area contributed by atoms with E-state index in [4.69, 9.17) is 0 Å². The van der Waals surface area contributed by atoms with Crippen molar-refractivity contribution in [2.75, 3.05) is 18.0 Å². The van der Waals surface area contributed by atoms with Gasteiger partial charge in [-0.2, -0.15) is 0 Å². The van der Waals surface area contributed by atoms with Gasteiger partial charge in [-0.3, -0.25) is 4.98 Å². The number of aryl methyl sites for hydroxylation is 1. The molecule has 2 fully saturated rings. The van der Waals surface area contributed by atoms with Gasteiger partial charge in [-0.15, -0.1) is 0 Å². The average molecular weight is 246 g/mol. The third-order valence-electron chi connectivity index (χ3n) is 4.67. The predicted octanol–water partition coefficient (Wildman–Crippen LogP) is 2.52. The van der Waals surface area contributed by atoms with Crippen LogP contribution in [0.1, 0.15) is 37.8 Å². The Morgan fingerprint density at radius 1 is 1.39 bits per heavy atom. The summed E-state index contributed by atoms with van der Waals surface area (Å²) < 4.78 is 0. The van der Waals surface area contributed by atoms with Gasteiger partial charge in [0.2, 0.25) is 0 Å². The molecule has 1 aromatic rings. The molecule has 0 radical (unpaired) electrons. The molecule has 2 heterocycles. The monoisotopic (exact) mass is 246 g/mol. The fraction of sp³-hybridized carbons (Fsp3) is 0.667. The first-order chi connectivity index (χ1) is 8.67. The van der Waals surface area contributed by atoms with Gasteiger partial charge in [0.05, 0.1) is 5.60 Å². The minimum absolute atomic E-state index is 0.378. The van der Waals surface area contributed by atoms with Crippen LogP contribution in [-0.4, -0.2) is 28.8 Å².